The van der Waals surface area contributed by atoms with Crippen LogP contribution >= 0.6 is 0 Å². The Balaban J connectivity index is 0.000000176. The van der Waals surface area contributed by atoms with E-state index in [9.17, 15) is 73.2 Å². The zero-order valence-electron chi connectivity index (χ0n) is 59.0. The van der Waals surface area contributed by atoms with E-state index in [2.05, 4.69) is 43.4 Å². The summed E-state index contributed by atoms with van der Waals surface area (Å²) in [7, 11) is -1.80. The molecule has 25 nitrogen and oxygen atoms in total. The van der Waals surface area contributed by atoms with Gasteiger partial charge in [-0.25, -0.2) is 38.6 Å². The minimum atomic E-state index is -3.40. The second-order valence-corrected chi connectivity index (χ2v) is 31.0. The highest BCUT2D eigenvalue weighted by Crippen LogP contribution is 2.47. The summed E-state index contributed by atoms with van der Waals surface area (Å²) in [5.74, 6) is -6.31. The van der Waals surface area contributed by atoms with Crippen LogP contribution in [0.15, 0.2) is 66.9 Å². The van der Waals surface area contributed by atoms with Crippen molar-refractivity contribution in [2.45, 2.75) is 100 Å². The highest BCUT2D eigenvalue weighted by atomic mass is 32.2. The standard InChI is InChI=1S/C25H29FN4O3.C23H27FN4O5S.C23H29FN4O5S/c1-12(2)30-10-17-18(11-30)21(17)28-25(33)23(31)22-14(4)20(15(5)29(22)6)24(32)27-16-7-8-19(26)13(3)9-16;1-11-8-14(6-7-17(11)24)25-22(30)18-12(2)20(27(4)13(18)3)21(29)23(31)26-19-15-9-28(10-16(15)19)34(5,32)33;1-13-11-16(8-9-18(13)24)25-22(30)19-14(2)20(27(4)15(19)3)21(29)23(31)26-17-7-6-10-28(12-17)34(5,32)33/h7-9,17-18,21H,1,10-11H2,2-6H3,(H,27,32)(H,28,33);6-8,15-16,19H,9-10H2,1-5H3,(H,25,30)(H,26,31);8-9,11,17H,6-7,10,12H2,1-5H3,(H,25,30)(H,26,31)/t17-,18+,21?;15-,16+,19?;17-/m..0/s1. The fourth-order valence-corrected chi connectivity index (χ4v) is 15.8. The van der Waals surface area contributed by atoms with Gasteiger partial charge < -0.3 is 50.5 Å². The van der Waals surface area contributed by atoms with Crippen LogP contribution in [0.5, 0.6) is 0 Å². The zero-order chi connectivity index (χ0) is 74.7. The van der Waals surface area contributed by atoms with Crippen LogP contribution in [0.3, 0.4) is 0 Å². The van der Waals surface area contributed by atoms with Crippen molar-refractivity contribution in [2.75, 3.05) is 67.7 Å². The number of carbonyl (C=O) groups is 9. The Kier molecular flexibility index (Phi) is 21.9. The molecule has 6 amide bonds. The van der Waals surface area contributed by atoms with Gasteiger partial charge in [0.05, 0.1) is 46.3 Å². The number of sulfonamides is 2. The van der Waals surface area contributed by atoms with Gasteiger partial charge in [-0.05, 0) is 182 Å². The van der Waals surface area contributed by atoms with E-state index in [1.165, 1.54) is 66.3 Å². The van der Waals surface area contributed by atoms with Gasteiger partial charge in [-0.2, -0.15) is 0 Å². The summed E-state index contributed by atoms with van der Waals surface area (Å²) in [4.78, 5) is 118. The molecule has 0 radical (unpaired) electrons. The summed E-state index contributed by atoms with van der Waals surface area (Å²) >= 11 is 0. The Morgan fingerprint density at radius 2 is 0.762 bits per heavy atom. The molecular formula is C71H85F3N12O13S2. The molecule has 2 saturated carbocycles. The lowest BCUT2D eigenvalue weighted by atomic mass is 10.1. The quantitative estimate of drug-likeness (QED) is 0.0385. The molecule has 2 unspecified atom stereocenters. The lowest BCUT2D eigenvalue weighted by molar-refractivity contribution is -0.118. The van der Waals surface area contributed by atoms with Crippen molar-refractivity contribution in [3.05, 3.63) is 169 Å². The van der Waals surface area contributed by atoms with Crippen molar-refractivity contribution in [1.82, 2.24) is 43.2 Å². The molecular weight excluding hydrogens is 1350 g/mol. The van der Waals surface area contributed by atoms with E-state index in [1.807, 2.05) is 6.92 Å². The number of rotatable bonds is 18. The largest absolute Gasteiger partial charge is 0.375 e. The number of ketones is 3. The number of nitrogens with one attached hydrogen (secondary N) is 6. The van der Waals surface area contributed by atoms with E-state index >= 15 is 0 Å². The number of anilines is 3. The molecule has 5 fully saturated rings. The number of hydrogen-bond acceptors (Lipinski definition) is 14. The maximum Gasteiger partial charge on any atom is 0.294 e. The van der Waals surface area contributed by atoms with Crippen LogP contribution in [-0.4, -0.2) is 167 Å². The van der Waals surface area contributed by atoms with Crippen molar-refractivity contribution in [3.8, 4) is 0 Å². The number of carbonyl (C=O) groups excluding carboxylic acids is 9. The summed E-state index contributed by atoms with van der Waals surface area (Å²) in [5, 5.41) is 16.4. The number of amides is 6. The van der Waals surface area contributed by atoms with Gasteiger partial charge in [0.25, 0.3) is 52.8 Å². The lowest BCUT2D eigenvalue weighted by Gasteiger charge is -2.31. The van der Waals surface area contributed by atoms with E-state index in [0.717, 1.165) is 31.3 Å². The number of likely N-dealkylation sites (tertiary alicyclic amines) is 1. The summed E-state index contributed by atoms with van der Waals surface area (Å²) in [6.07, 6.45) is 3.39. The molecule has 30 heteroatoms. The average molecular weight is 1440 g/mol. The first-order valence-electron chi connectivity index (χ1n) is 32.7. The molecule has 7 atom stereocenters. The van der Waals surface area contributed by atoms with Crippen molar-refractivity contribution >= 4 is 89.9 Å². The summed E-state index contributed by atoms with van der Waals surface area (Å²) < 4.78 is 94.8. The summed E-state index contributed by atoms with van der Waals surface area (Å²) in [5.41, 5.74) is 7.43. The Labute approximate surface area is 584 Å². The molecule has 6 heterocycles. The number of allylic oxidation sites excluding steroid dienone is 1. The number of hydrogen-bond donors (Lipinski definition) is 6. The molecule has 3 saturated heterocycles. The van der Waals surface area contributed by atoms with Crippen molar-refractivity contribution in [3.63, 3.8) is 0 Å². The summed E-state index contributed by atoms with van der Waals surface area (Å²) in [6.45, 7) is 23.5. The van der Waals surface area contributed by atoms with Crippen molar-refractivity contribution in [2.24, 2.45) is 44.8 Å². The predicted octanol–water partition coefficient (Wildman–Crippen LogP) is 6.70. The molecule has 3 aromatic carbocycles. The number of Topliss-reactive ketones (excluding diaryl/α,β-unsaturated/α-hetero) is 3. The number of aryl methyl sites for hydroxylation is 3. The zero-order valence-corrected chi connectivity index (χ0v) is 60.7. The number of fused-ring (bicyclic) bond motifs is 2. The fourth-order valence-electron chi connectivity index (χ4n) is 14.0. The fraction of sp³-hybridized carbons (Fsp3) is 0.423. The molecule has 0 spiro atoms. The predicted molar refractivity (Wildman–Crippen MR) is 373 cm³/mol. The monoisotopic (exact) mass is 1430 g/mol. The van der Waals surface area contributed by atoms with Gasteiger partial charge in [-0.15, -0.1) is 0 Å². The third-order valence-electron chi connectivity index (χ3n) is 20.1. The van der Waals surface area contributed by atoms with Gasteiger partial charge in [-0.3, -0.25) is 43.2 Å². The highest BCUT2D eigenvalue weighted by molar-refractivity contribution is 7.88. The molecule has 101 heavy (non-hydrogen) atoms. The average Bonchev–Trinajstić information content (AvgIpc) is 1.58. The SMILES string of the molecule is C=C(C)N1C[C@@H]2C(NC(=O)C(=O)c3c(C)c(C(=O)Nc4ccc(F)c(C)c4)c(C)n3C)[C@@H]2C1.Cc1cc(NC(=O)c2c(C)c(C(=O)C(=O)NC3[C@H]4CN(S(C)(=O)=O)C[C@@H]34)n(C)c2C)ccc1F.Cc1cc(NC(=O)c2c(C)c(C(=O)C(=O)N[C@H]3CCCN(S(C)(=O)=O)C3)n(C)c2C)ccc1F. The van der Waals surface area contributed by atoms with Crippen LogP contribution in [0.2, 0.25) is 0 Å². The molecule has 3 aliphatic heterocycles. The Bertz CT molecular complexity index is 4710. The first kappa shape index (κ1) is 75.7. The maximum atomic E-state index is 13.5. The van der Waals surface area contributed by atoms with Gasteiger partial charge in [0.15, 0.2) is 0 Å². The Hall–Kier alpha value is -9.52. The number of piperidine rings is 3. The molecule has 0 bridgehead atoms. The smallest absolute Gasteiger partial charge is 0.294 e. The third-order valence-corrected chi connectivity index (χ3v) is 22.6. The molecule has 6 N–H and O–H groups in total. The van der Waals surface area contributed by atoms with Crippen LogP contribution in [-0.2, 0) is 55.6 Å². The topological polar surface area (TPSA) is 319 Å². The van der Waals surface area contributed by atoms with E-state index in [0.29, 0.717) is 117 Å². The number of halogens is 3. The van der Waals surface area contributed by atoms with Crippen LogP contribution in [0.25, 0.3) is 0 Å². The number of aromatic nitrogens is 3. The second kappa shape index (κ2) is 29.2. The van der Waals surface area contributed by atoms with E-state index in [-0.39, 0.29) is 76.1 Å². The minimum absolute atomic E-state index is 0.00297. The Morgan fingerprint density at radius 1 is 0.455 bits per heavy atom. The van der Waals surface area contributed by atoms with Crippen molar-refractivity contribution < 1.29 is 73.2 Å². The first-order valence-corrected chi connectivity index (χ1v) is 36.4. The highest BCUT2D eigenvalue weighted by Gasteiger charge is 2.59. The Morgan fingerprint density at radius 3 is 1.06 bits per heavy atom. The molecule has 5 aliphatic rings. The van der Waals surface area contributed by atoms with Crippen LogP contribution < -0.4 is 31.9 Å². The normalized spacial score (nSPS) is 19.8. The molecule has 3 aromatic heterocycles. The van der Waals surface area contributed by atoms with Gasteiger partial charge in [0, 0.05) is 130 Å². The van der Waals surface area contributed by atoms with E-state index in [1.54, 1.807) is 94.1 Å². The first-order chi connectivity index (χ1) is 47.1. The number of benzene rings is 3. The van der Waals surface area contributed by atoms with Gasteiger partial charge in [-0.1, -0.05) is 6.58 Å². The van der Waals surface area contributed by atoms with Crippen molar-refractivity contribution in [1.29, 1.82) is 0 Å². The molecule has 6 aromatic rings. The lowest BCUT2D eigenvalue weighted by Crippen LogP contribution is -2.50. The summed E-state index contributed by atoms with van der Waals surface area (Å²) in [6, 6.07) is 12.0. The molecule has 11 rings (SSSR count). The van der Waals surface area contributed by atoms with Crippen LogP contribution in [0.1, 0.15) is 133 Å². The van der Waals surface area contributed by atoms with E-state index < -0.39 is 78.9 Å². The van der Waals surface area contributed by atoms with Gasteiger partial charge in [0.1, 0.15) is 17.5 Å². The maximum absolute atomic E-state index is 13.5. The molecule has 2 aliphatic carbocycles. The van der Waals surface area contributed by atoms with Crippen LogP contribution in [0.4, 0.5) is 30.2 Å². The van der Waals surface area contributed by atoms with Gasteiger partial charge >= 0.3 is 0 Å². The number of nitrogens with zero attached hydrogens (tertiary/aromatic N) is 6. The van der Waals surface area contributed by atoms with E-state index in [4.69, 9.17) is 0 Å². The second-order valence-electron chi connectivity index (χ2n) is 27.0. The third kappa shape index (κ3) is 15.8. The molecule has 540 valence electrons. The van der Waals surface area contributed by atoms with Gasteiger partial charge in [0.2, 0.25) is 20.0 Å². The van der Waals surface area contributed by atoms with Crippen LogP contribution in [0, 0.1) is 103 Å². The minimum Gasteiger partial charge on any atom is -0.375 e.